The summed E-state index contributed by atoms with van der Waals surface area (Å²) in [4.78, 5) is 23.0. The molecule has 106 valence electrons. The van der Waals surface area contributed by atoms with Gasteiger partial charge in [-0.25, -0.2) is 4.79 Å². The maximum Gasteiger partial charge on any atom is 0.319 e. The zero-order chi connectivity index (χ0) is 14.5. The third-order valence-corrected chi connectivity index (χ3v) is 3.58. The summed E-state index contributed by atoms with van der Waals surface area (Å²) in [6.45, 7) is 2.09. The van der Waals surface area contributed by atoms with Gasteiger partial charge < -0.3 is 16.0 Å². The smallest absolute Gasteiger partial charge is 0.319 e. The Morgan fingerprint density at radius 1 is 1.30 bits per heavy atom. The van der Waals surface area contributed by atoms with E-state index in [2.05, 4.69) is 27.2 Å². The normalized spacial score (nSPS) is 10.1. The Bertz CT molecular complexity index is 645. The molecule has 7 heteroatoms. The second kappa shape index (κ2) is 6.25. The van der Waals surface area contributed by atoms with Crippen LogP contribution in [0.1, 0.15) is 12.5 Å². The molecule has 1 aromatic carbocycles. The minimum atomic E-state index is -0.432. The highest BCUT2D eigenvalue weighted by molar-refractivity contribution is 7.11. The number of carbonyl (C=O) groups is 1. The number of nitrogens with one attached hydrogen (secondary N) is 4. The Morgan fingerprint density at radius 3 is 2.60 bits per heavy atom. The molecule has 1 aromatic heterocycles. The molecule has 0 fully saturated rings. The highest BCUT2D eigenvalue weighted by atomic mass is 32.1. The van der Waals surface area contributed by atoms with Crippen LogP contribution in [0.2, 0.25) is 0 Å². The van der Waals surface area contributed by atoms with E-state index in [9.17, 15) is 9.59 Å². The second-order valence-electron chi connectivity index (χ2n) is 4.12. The molecule has 20 heavy (non-hydrogen) atoms. The van der Waals surface area contributed by atoms with Gasteiger partial charge in [0.1, 0.15) is 10.7 Å². The van der Waals surface area contributed by atoms with Crippen LogP contribution in [0.4, 0.5) is 21.2 Å². The van der Waals surface area contributed by atoms with Gasteiger partial charge >= 0.3 is 6.03 Å². The number of benzene rings is 1. The molecule has 0 aliphatic rings. The van der Waals surface area contributed by atoms with E-state index in [-0.39, 0.29) is 11.2 Å². The minimum Gasteiger partial charge on any atom is -0.344 e. The van der Waals surface area contributed by atoms with Crippen molar-refractivity contribution in [2.24, 2.45) is 0 Å². The van der Waals surface area contributed by atoms with Crippen molar-refractivity contribution in [3.63, 3.8) is 0 Å². The number of anilines is 3. The van der Waals surface area contributed by atoms with E-state index in [1.54, 1.807) is 0 Å². The molecule has 2 aromatic rings. The average Bonchev–Trinajstić information content (AvgIpc) is 2.81. The minimum absolute atomic E-state index is 0.217. The summed E-state index contributed by atoms with van der Waals surface area (Å²) < 4.78 is 2.59. The number of aromatic amines is 1. The van der Waals surface area contributed by atoms with Gasteiger partial charge in [-0.3, -0.25) is 9.17 Å². The Morgan fingerprint density at radius 2 is 2.00 bits per heavy atom. The third-order valence-electron chi connectivity index (χ3n) is 2.79. The highest BCUT2D eigenvalue weighted by Crippen LogP contribution is 2.26. The Kier molecular flexibility index (Phi) is 4.41. The highest BCUT2D eigenvalue weighted by Gasteiger charge is 2.13. The first-order valence-corrected chi connectivity index (χ1v) is 7.02. The molecular formula is C13H16N4O2S. The van der Waals surface area contributed by atoms with E-state index in [1.165, 1.54) is 12.6 Å². The first kappa shape index (κ1) is 14.1. The van der Waals surface area contributed by atoms with Crippen molar-refractivity contribution in [1.82, 2.24) is 9.69 Å². The van der Waals surface area contributed by atoms with Crippen molar-refractivity contribution >= 4 is 33.9 Å². The van der Waals surface area contributed by atoms with Crippen LogP contribution in [-0.4, -0.2) is 17.5 Å². The number of aromatic nitrogens is 1. The lowest BCUT2D eigenvalue weighted by molar-refractivity contribution is 0.254. The van der Waals surface area contributed by atoms with E-state index in [4.69, 9.17) is 0 Å². The monoisotopic (exact) mass is 292 g/mol. The number of rotatable bonds is 4. The van der Waals surface area contributed by atoms with Gasteiger partial charge in [0.25, 0.3) is 5.56 Å². The Balaban J connectivity index is 2.20. The maximum absolute atomic E-state index is 11.7. The summed E-state index contributed by atoms with van der Waals surface area (Å²) in [6.07, 6.45) is 0.973. The van der Waals surface area contributed by atoms with Crippen LogP contribution in [0.3, 0.4) is 0 Å². The van der Waals surface area contributed by atoms with Crippen molar-refractivity contribution in [1.29, 1.82) is 0 Å². The molecule has 0 bridgehead atoms. The van der Waals surface area contributed by atoms with Crippen molar-refractivity contribution in [3.8, 4) is 0 Å². The van der Waals surface area contributed by atoms with Crippen LogP contribution in [0.5, 0.6) is 0 Å². The predicted octanol–water partition coefficient (Wildman–Crippen LogP) is 2.49. The fourth-order valence-electron chi connectivity index (χ4n) is 1.64. The molecule has 0 saturated carbocycles. The fraction of sp³-hybridized carbons (Fsp3) is 0.231. The number of aryl methyl sites for hydroxylation is 1. The summed E-state index contributed by atoms with van der Waals surface area (Å²) in [6, 6.07) is 7.48. The summed E-state index contributed by atoms with van der Waals surface area (Å²) in [5, 5.41) is 8.61. The first-order valence-electron chi connectivity index (χ1n) is 6.20. The molecule has 1 heterocycles. The summed E-state index contributed by atoms with van der Waals surface area (Å²) in [5.41, 5.74) is 1.99. The molecule has 0 radical (unpaired) electrons. The quantitative estimate of drug-likeness (QED) is 0.698. The van der Waals surface area contributed by atoms with Crippen molar-refractivity contribution in [2.45, 2.75) is 13.3 Å². The van der Waals surface area contributed by atoms with Crippen molar-refractivity contribution in [3.05, 3.63) is 40.2 Å². The van der Waals surface area contributed by atoms with E-state index in [0.29, 0.717) is 5.00 Å². The molecular weight excluding hydrogens is 276 g/mol. The van der Waals surface area contributed by atoms with E-state index >= 15 is 0 Å². The standard InChI is InChI=1S/C13H16N4O2S/c1-3-8-4-6-9(7-5-8)15-12-10(11(18)17-20-12)16-13(19)14-2/h4-7,15H,3H2,1-2H3,(H,17,18)(H2,14,16,19). The van der Waals surface area contributed by atoms with Gasteiger partial charge in [0.15, 0.2) is 0 Å². The zero-order valence-corrected chi connectivity index (χ0v) is 12.1. The molecule has 6 nitrogen and oxygen atoms in total. The van der Waals surface area contributed by atoms with E-state index < -0.39 is 6.03 Å². The lowest BCUT2D eigenvalue weighted by atomic mass is 10.1. The number of amides is 2. The van der Waals surface area contributed by atoms with Gasteiger partial charge in [-0.05, 0) is 35.6 Å². The molecule has 0 spiro atoms. The van der Waals surface area contributed by atoms with Crippen molar-refractivity contribution < 1.29 is 4.79 Å². The van der Waals surface area contributed by atoms with E-state index in [1.807, 2.05) is 24.3 Å². The number of hydrogen-bond donors (Lipinski definition) is 4. The topological polar surface area (TPSA) is 86.0 Å². The van der Waals surface area contributed by atoms with Crippen LogP contribution in [0.15, 0.2) is 29.1 Å². The van der Waals surface area contributed by atoms with Crippen LogP contribution in [0, 0.1) is 0 Å². The number of hydrogen-bond acceptors (Lipinski definition) is 4. The average molecular weight is 292 g/mol. The van der Waals surface area contributed by atoms with Crippen LogP contribution in [-0.2, 0) is 6.42 Å². The summed E-state index contributed by atoms with van der Waals surface area (Å²) in [5.74, 6) is 0. The molecule has 0 atom stereocenters. The lowest BCUT2D eigenvalue weighted by Crippen LogP contribution is -2.27. The molecule has 0 unspecified atom stereocenters. The van der Waals surface area contributed by atoms with Crippen LogP contribution >= 0.6 is 11.5 Å². The van der Waals surface area contributed by atoms with Gasteiger partial charge in [-0.1, -0.05) is 19.1 Å². The fourth-order valence-corrected chi connectivity index (χ4v) is 2.35. The first-order chi connectivity index (χ1) is 9.63. The molecule has 2 rings (SSSR count). The number of H-pyrrole nitrogens is 1. The zero-order valence-electron chi connectivity index (χ0n) is 11.2. The third kappa shape index (κ3) is 3.18. The molecule has 2 amide bonds. The van der Waals surface area contributed by atoms with Gasteiger partial charge in [-0.2, -0.15) is 0 Å². The maximum atomic E-state index is 11.7. The Labute approximate surface area is 120 Å². The summed E-state index contributed by atoms with van der Waals surface area (Å²) >= 11 is 1.14. The van der Waals surface area contributed by atoms with Gasteiger partial charge in [0.2, 0.25) is 0 Å². The molecule has 0 aliphatic carbocycles. The molecule has 4 N–H and O–H groups in total. The van der Waals surface area contributed by atoms with Gasteiger partial charge in [0.05, 0.1) is 0 Å². The van der Waals surface area contributed by atoms with E-state index in [0.717, 1.165) is 23.6 Å². The SMILES string of the molecule is CCc1ccc(Nc2s[nH]c(=O)c2NC(=O)NC)cc1. The van der Waals surface area contributed by atoms with Crippen LogP contribution in [0.25, 0.3) is 0 Å². The second-order valence-corrected chi connectivity index (χ2v) is 4.93. The largest absolute Gasteiger partial charge is 0.344 e. The predicted molar refractivity (Wildman–Crippen MR) is 82.1 cm³/mol. The van der Waals surface area contributed by atoms with Gasteiger partial charge in [0, 0.05) is 12.7 Å². The van der Waals surface area contributed by atoms with Gasteiger partial charge in [-0.15, -0.1) is 0 Å². The summed E-state index contributed by atoms with van der Waals surface area (Å²) in [7, 11) is 1.49. The number of urea groups is 1. The van der Waals surface area contributed by atoms with Crippen molar-refractivity contribution in [2.75, 3.05) is 17.7 Å². The molecule has 0 saturated heterocycles. The molecule has 0 aliphatic heterocycles. The van der Waals surface area contributed by atoms with Crippen LogP contribution < -0.4 is 21.5 Å². The lowest BCUT2D eigenvalue weighted by Gasteiger charge is -2.07. The number of carbonyl (C=O) groups excluding carboxylic acids is 1. The Hall–Kier alpha value is -2.28.